The van der Waals surface area contributed by atoms with Gasteiger partial charge in [-0.25, -0.2) is 4.57 Å². The van der Waals surface area contributed by atoms with Gasteiger partial charge in [-0.1, -0.05) is 13.3 Å². The fourth-order valence-corrected chi connectivity index (χ4v) is 1.45. The van der Waals surface area contributed by atoms with E-state index in [0.717, 1.165) is 11.7 Å². The normalized spacial score (nSPS) is 9.53. The molecule has 5 heteroatoms. The third-order valence-corrected chi connectivity index (χ3v) is 2.69. The topological polar surface area (TPSA) is 12.1 Å². The largest absolute Gasteiger partial charge is 1.00 e. The molecule has 1 aromatic heterocycles. The maximum atomic E-state index is 5.35. The van der Waals surface area contributed by atoms with E-state index >= 15 is 0 Å². The van der Waals surface area contributed by atoms with Gasteiger partial charge in [-0.15, -0.1) is 0 Å². The summed E-state index contributed by atoms with van der Waals surface area (Å²) in [4.78, 5) is 2.11. The first kappa shape index (κ1) is 14.8. The molecule has 86 valence electrons. The van der Waals surface area contributed by atoms with E-state index in [1.807, 2.05) is 42.0 Å². The molecule has 0 aliphatic heterocycles. The lowest BCUT2D eigenvalue weighted by atomic mass is 10.3. The Hall–Kier alpha value is -0.170. The van der Waals surface area contributed by atoms with Gasteiger partial charge in [-0.2, -0.15) is 4.57 Å². The summed E-state index contributed by atoms with van der Waals surface area (Å²) in [7, 11) is 4.03. The van der Waals surface area contributed by atoms with E-state index in [9.17, 15) is 0 Å². The predicted octanol–water partition coefficient (Wildman–Crippen LogP) is -1.82. The number of thiocarbonyl (C=S) groups is 1. The second kappa shape index (κ2) is 7.16. The quantitative estimate of drug-likeness (QED) is 0.365. The van der Waals surface area contributed by atoms with Crippen molar-refractivity contribution in [2.75, 3.05) is 13.6 Å². The van der Waals surface area contributed by atoms with Crippen LogP contribution in [0.25, 0.3) is 0 Å². The van der Waals surface area contributed by atoms with E-state index in [1.54, 1.807) is 0 Å². The minimum Gasteiger partial charge on any atom is -1.00 e. The standard InChI is InChI=1S/C10H18N3S.HI/c1-4-5-6-12(3)10(14)13-8-7-11(2)9-13;/h7-9H,4-6H2,1-3H3;1H/q+1;/p-1. The van der Waals surface area contributed by atoms with Crippen LogP contribution in [0.15, 0.2) is 18.7 Å². The SMILES string of the molecule is CCCCN(C)C(=S)n1cc[n+](C)c1.[I-]. The first-order valence-corrected chi connectivity index (χ1v) is 5.34. The van der Waals surface area contributed by atoms with E-state index in [2.05, 4.69) is 11.8 Å². The van der Waals surface area contributed by atoms with Crippen molar-refractivity contribution >= 4 is 17.3 Å². The Morgan fingerprint density at radius 3 is 2.67 bits per heavy atom. The molecule has 0 amide bonds. The van der Waals surface area contributed by atoms with Crippen molar-refractivity contribution in [2.24, 2.45) is 7.05 Å². The smallest absolute Gasteiger partial charge is 0.269 e. The molecule has 1 heterocycles. The maximum Gasteiger partial charge on any atom is 0.269 e. The Kier molecular flexibility index (Phi) is 7.08. The second-order valence-electron chi connectivity index (χ2n) is 3.54. The van der Waals surface area contributed by atoms with Crippen LogP contribution in [0.5, 0.6) is 0 Å². The van der Waals surface area contributed by atoms with Gasteiger partial charge in [0.05, 0.1) is 7.05 Å². The summed E-state index contributed by atoms with van der Waals surface area (Å²) >= 11 is 5.35. The predicted molar refractivity (Wildman–Crippen MR) is 61.1 cm³/mol. The molecule has 3 nitrogen and oxygen atoms in total. The van der Waals surface area contributed by atoms with E-state index in [0.29, 0.717) is 0 Å². The average molecular weight is 339 g/mol. The number of halogens is 1. The fraction of sp³-hybridized carbons (Fsp3) is 0.600. The number of hydrogen-bond acceptors (Lipinski definition) is 1. The molecule has 0 saturated heterocycles. The molecule has 0 fully saturated rings. The van der Waals surface area contributed by atoms with E-state index in [-0.39, 0.29) is 24.0 Å². The summed E-state index contributed by atoms with van der Waals surface area (Å²) in [6.45, 7) is 3.21. The highest BCUT2D eigenvalue weighted by Crippen LogP contribution is 1.96. The maximum absolute atomic E-state index is 5.35. The molecule has 0 atom stereocenters. The molecule has 0 N–H and O–H groups in total. The Morgan fingerprint density at radius 1 is 1.53 bits per heavy atom. The number of rotatable bonds is 3. The third kappa shape index (κ3) is 4.46. The number of unbranched alkanes of at least 4 members (excludes halogenated alkanes) is 1. The number of aromatic nitrogens is 2. The zero-order valence-electron chi connectivity index (χ0n) is 9.48. The van der Waals surface area contributed by atoms with Crippen LogP contribution >= 0.6 is 12.2 Å². The lowest BCUT2D eigenvalue weighted by Crippen LogP contribution is -3.00. The molecule has 0 spiro atoms. The molecule has 0 aliphatic rings. The van der Waals surface area contributed by atoms with Crippen molar-refractivity contribution in [3.8, 4) is 0 Å². The lowest BCUT2D eigenvalue weighted by molar-refractivity contribution is -0.670. The van der Waals surface area contributed by atoms with E-state index in [1.165, 1.54) is 12.8 Å². The van der Waals surface area contributed by atoms with Crippen LogP contribution in [-0.4, -0.2) is 28.2 Å². The van der Waals surface area contributed by atoms with Crippen LogP contribution in [0.4, 0.5) is 0 Å². The first-order chi connectivity index (χ1) is 6.65. The van der Waals surface area contributed by atoms with Gasteiger partial charge >= 0.3 is 0 Å². The highest BCUT2D eigenvalue weighted by atomic mass is 127. The van der Waals surface area contributed by atoms with Crippen LogP contribution in [0.2, 0.25) is 0 Å². The monoisotopic (exact) mass is 339 g/mol. The summed E-state index contributed by atoms with van der Waals surface area (Å²) in [5, 5.41) is 0.860. The van der Waals surface area contributed by atoms with Crippen LogP contribution in [0.3, 0.4) is 0 Å². The van der Waals surface area contributed by atoms with Crippen LogP contribution in [0, 0.1) is 0 Å². The third-order valence-electron chi connectivity index (χ3n) is 2.16. The summed E-state index contributed by atoms with van der Waals surface area (Å²) in [5.41, 5.74) is 0. The van der Waals surface area contributed by atoms with Gasteiger partial charge < -0.3 is 28.9 Å². The molecular formula is C10H18IN3S. The zero-order valence-corrected chi connectivity index (χ0v) is 12.5. The van der Waals surface area contributed by atoms with Gasteiger partial charge in [0.1, 0.15) is 12.4 Å². The average Bonchev–Trinajstić information content (AvgIpc) is 2.60. The van der Waals surface area contributed by atoms with Gasteiger partial charge in [0.25, 0.3) is 11.4 Å². The van der Waals surface area contributed by atoms with Crippen molar-refractivity contribution in [3.63, 3.8) is 0 Å². The molecule has 1 rings (SSSR count). The molecule has 0 radical (unpaired) electrons. The Balaban J connectivity index is 0.00000196. The molecule has 0 saturated carbocycles. The van der Waals surface area contributed by atoms with Crippen molar-refractivity contribution in [1.82, 2.24) is 9.47 Å². The molecule has 0 aromatic carbocycles. The van der Waals surface area contributed by atoms with Crippen molar-refractivity contribution in [3.05, 3.63) is 18.7 Å². The van der Waals surface area contributed by atoms with E-state index < -0.39 is 0 Å². The number of imidazole rings is 1. The zero-order chi connectivity index (χ0) is 10.6. The first-order valence-electron chi connectivity index (χ1n) is 4.94. The minimum atomic E-state index is 0. The highest BCUT2D eigenvalue weighted by Gasteiger charge is 2.11. The molecule has 0 aliphatic carbocycles. The summed E-state index contributed by atoms with van der Waals surface area (Å²) in [6.07, 6.45) is 8.33. The van der Waals surface area contributed by atoms with Gasteiger partial charge in [-0.3, -0.25) is 0 Å². The van der Waals surface area contributed by atoms with Gasteiger partial charge in [0.2, 0.25) is 0 Å². The second-order valence-corrected chi connectivity index (χ2v) is 3.91. The van der Waals surface area contributed by atoms with Gasteiger partial charge in [0, 0.05) is 13.6 Å². The Bertz CT molecular complexity index is 311. The minimum absolute atomic E-state index is 0. The molecule has 0 unspecified atom stereocenters. The van der Waals surface area contributed by atoms with Crippen molar-refractivity contribution in [2.45, 2.75) is 19.8 Å². The number of hydrogen-bond donors (Lipinski definition) is 0. The summed E-state index contributed by atoms with van der Waals surface area (Å²) in [5.74, 6) is 0. The van der Waals surface area contributed by atoms with Crippen LogP contribution in [-0.2, 0) is 7.05 Å². The highest BCUT2D eigenvalue weighted by molar-refractivity contribution is 7.80. The van der Waals surface area contributed by atoms with Crippen molar-refractivity contribution in [1.29, 1.82) is 0 Å². The fourth-order valence-electron chi connectivity index (χ4n) is 1.25. The molecule has 0 bridgehead atoms. The number of nitrogens with zero attached hydrogens (tertiary/aromatic N) is 3. The molecule has 15 heavy (non-hydrogen) atoms. The van der Waals surface area contributed by atoms with Gasteiger partial charge in [0.15, 0.2) is 0 Å². The molecule has 1 aromatic rings. The van der Waals surface area contributed by atoms with Gasteiger partial charge in [-0.05, 0) is 18.6 Å². The summed E-state index contributed by atoms with van der Waals surface area (Å²) in [6, 6.07) is 0. The Morgan fingerprint density at radius 2 is 2.20 bits per heavy atom. The van der Waals surface area contributed by atoms with Crippen LogP contribution in [0.1, 0.15) is 19.8 Å². The Labute approximate surface area is 114 Å². The number of aryl methyl sites for hydroxylation is 1. The summed E-state index contributed by atoms with van der Waals surface area (Å²) < 4.78 is 3.95. The van der Waals surface area contributed by atoms with Crippen molar-refractivity contribution < 1.29 is 28.5 Å². The van der Waals surface area contributed by atoms with E-state index in [4.69, 9.17) is 12.2 Å². The lowest BCUT2D eigenvalue weighted by Gasteiger charge is -2.15. The molecular weight excluding hydrogens is 321 g/mol. The van der Waals surface area contributed by atoms with Crippen LogP contribution < -0.4 is 28.5 Å².